The first-order chi connectivity index (χ1) is 10.1. The van der Waals surface area contributed by atoms with E-state index in [4.69, 9.17) is 0 Å². The predicted molar refractivity (Wildman–Crippen MR) is 78.4 cm³/mol. The number of aromatic nitrogens is 2. The fourth-order valence-electron chi connectivity index (χ4n) is 1.94. The van der Waals surface area contributed by atoms with E-state index in [0.717, 1.165) is 6.07 Å². The van der Waals surface area contributed by atoms with E-state index in [9.17, 15) is 14.0 Å². The molecule has 0 aliphatic carbocycles. The van der Waals surface area contributed by atoms with Gasteiger partial charge in [-0.2, -0.15) is 0 Å². The van der Waals surface area contributed by atoms with Crippen molar-refractivity contribution in [2.75, 3.05) is 5.32 Å². The number of amides is 1. The molecule has 0 spiro atoms. The number of hydrogen-bond donors (Lipinski definition) is 1. The molecule has 0 fully saturated rings. The summed E-state index contributed by atoms with van der Waals surface area (Å²) < 4.78 is 14.5. The maximum atomic E-state index is 13.1. The van der Waals surface area contributed by atoms with Crippen LogP contribution in [0.5, 0.6) is 0 Å². The van der Waals surface area contributed by atoms with Gasteiger partial charge in [0.05, 0.1) is 5.69 Å². The molecule has 0 saturated carbocycles. The summed E-state index contributed by atoms with van der Waals surface area (Å²) in [6.07, 6.45) is 1.59. The van der Waals surface area contributed by atoms with Crippen molar-refractivity contribution in [1.29, 1.82) is 0 Å². The smallest absolute Gasteiger partial charge is 0.282 e. The summed E-state index contributed by atoms with van der Waals surface area (Å²) in [5.74, 6) is -1.06. The van der Waals surface area contributed by atoms with Gasteiger partial charge in [-0.3, -0.25) is 14.0 Å². The number of benzene rings is 1. The lowest BCUT2D eigenvalue weighted by Gasteiger charge is -2.07. The molecule has 1 amide bonds. The number of fused-ring (bicyclic) bond motifs is 1. The number of anilines is 1. The van der Waals surface area contributed by atoms with Crippen LogP contribution in [0, 0.1) is 12.7 Å². The third-order valence-corrected chi connectivity index (χ3v) is 3.73. The monoisotopic (exact) mass is 303 g/mol. The molecular formula is C14H10FN3O2S. The number of rotatable bonds is 2. The number of carbonyl (C=O) groups is 1. The van der Waals surface area contributed by atoms with Crippen LogP contribution in [0.1, 0.15) is 16.1 Å². The molecule has 1 N–H and O–H groups in total. The second-order valence-electron chi connectivity index (χ2n) is 4.40. The quantitative estimate of drug-likeness (QED) is 0.791. The topological polar surface area (TPSA) is 63.5 Å². The van der Waals surface area contributed by atoms with Crippen molar-refractivity contribution in [2.24, 2.45) is 0 Å². The van der Waals surface area contributed by atoms with E-state index in [1.165, 1.54) is 33.9 Å². The first-order valence-corrected chi connectivity index (χ1v) is 6.97. The van der Waals surface area contributed by atoms with Crippen LogP contribution in [-0.2, 0) is 0 Å². The number of nitrogens with one attached hydrogen (secondary N) is 1. The second-order valence-corrected chi connectivity index (χ2v) is 5.27. The summed E-state index contributed by atoms with van der Waals surface area (Å²) in [6.45, 7) is 1.64. The van der Waals surface area contributed by atoms with Crippen LogP contribution in [-0.4, -0.2) is 15.3 Å². The van der Waals surface area contributed by atoms with Crippen LogP contribution in [0.25, 0.3) is 4.96 Å². The molecule has 0 radical (unpaired) electrons. The lowest BCUT2D eigenvalue weighted by atomic mass is 10.2. The van der Waals surface area contributed by atoms with Crippen molar-refractivity contribution < 1.29 is 9.18 Å². The first-order valence-electron chi connectivity index (χ1n) is 6.09. The van der Waals surface area contributed by atoms with Gasteiger partial charge in [-0.05, 0) is 25.1 Å². The molecule has 3 aromatic rings. The van der Waals surface area contributed by atoms with Crippen LogP contribution >= 0.6 is 11.3 Å². The molecule has 2 heterocycles. The standard InChI is InChI=1S/C14H10FN3O2S/c1-8-11(13(20)18-5-6-21-14(18)16-8)17-12(19)9-3-2-4-10(15)7-9/h2-7H,1H3,(H,17,19). The summed E-state index contributed by atoms with van der Waals surface area (Å²) in [7, 11) is 0. The van der Waals surface area contributed by atoms with E-state index in [2.05, 4.69) is 10.3 Å². The van der Waals surface area contributed by atoms with Crippen LogP contribution in [0.15, 0.2) is 40.6 Å². The highest BCUT2D eigenvalue weighted by Gasteiger charge is 2.14. The van der Waals surface area contributed by atoms with Crippen molar-refractivity contribution in [1.82, 2.24) is 9.38 Å². The maximum absolute atomic E-state index is 13.1. The number of halogens is 1. The Morgan fingerprint density at radius 1 is 1.43 bits per heavy atom. The Bertz CT molecular complexity index is 901. The molecule has 106 valence electrons. The third kappa shape index (κ3) is 2.43. The van der Waals surface area contributed by atoms with E-state index in [1.807, 2.05) is 0 Å². The Labute approximate surface area is 122 Å². The zero-order valence-electron chi connectivity index (χ0n) is 11.0. The molecule has 5 nitrogen and oxygen atoms in total. The molecule has 0 saturated heterocycles. The minimum atomic E-state index is -0.549. The average molecular weight is 303 g/mol. The van der Waals surface area contributed by atoms with Gasteiger partial charge in [-0.15, -0.1) is 11.3 Å². The average Bonchev–Trinajstić information content (AvgIpc) is 2.91. The van der Waals surface area contributed by atoms with E-state index in [-0.39, 0.29) is 16.8 Å². The molecule has 21 heavy (non-hydrogen) atoms. The zero-order chi connectivity index (χ0) is 15.0. The molecule has 0 unspecified atom stereocenters. The van der Waals surface area contributed by atoms with E-state index < -0.39 is 11.7 Å². The van der Waals surface area contributed by atoms with Gasteiger partial charge in [0.15, 0.2) is 4.96 Å². The number of hydrogen-bond acceptors (Lipinski definition) is 4. The van der Waals surface area contributed by atoms with Crippen molar-refractivity contribution in [3.8, 4) is 0 Å². The van der Waals surface area contributed by atoms with Crippen LogP contribution < -0.4 is 10.9 Å². The summed E-state index contributed by atoms with van der Waals surface area (Å²) in [5, 5.41) is 4.24. The Balaban J connectivity index is 2.02. The maximum Gasteiger partial charge on any atom is 0.282 e. The van der Waals surface area contributed by atoms with Gasteiger partial charge in [0.1, 0.15) is 11.5 Å². The SMILES string of the molecule is Cc1nc2sccn2c(=O)c1NC(=O)c1cccc(F)c1. The molecule has 0 aliphatic rings. The van der Waals surface area contributed by atoms with E-state index in [1.54, 1.807) is 18.5 Å². The summed E-state index contributed by atoms with van der Waals surface area (Å²) in [6, 6.07) is 5.26. The van der Waals surface area contributed by atoms with E-state index >= 15 is 0 Å². The van der Waals surface area contributed by atoms with Crippen LogP contribution in [0.3, 0.4) is 0 Å². The summed E-state index contributed by atoms with van der Waals surface area (Å²) >= 11 is 1.33. The Kier molecular flexibility index (Phi) is 3.26. The third-order valence-electron chi connectivity index (χ3n) is 2.97. The number of aryl methyl sites for hydroxylation is 1. The Hall–Kier alpha value is -2.54. The normalized spacial score (nSPS) is 10.8. The van der Waals surface area contributed by atoms with Gasteiger partial charge >= 0.3 is 0 Å². The minimum absolute atomic E-state index is 0.0974. The lowest BCUT2D eigenvalue weighted by Crippen LogP contribution is -2.24. The fraction of sp³-hybridized carbons (Fsp3) is 0.0714. The fourth-order valence-corrected chi connectivity index (χ4v) is 2.69. The summed E-state index contributed by atoms with van der Waals surface area (Å²) in [4.78, 5) is 29.2. The van der Waals surface area contributed by atoms with Crippen molar-refractivity contribution in [3.05, 3.63) is 63.3 Å². The molecule has 0 bridgehead atoms. The van der Waals surface area contributed by atoms with E-state index in [0.29, 0.717) is 10.7 Å². The molecule has 0 atom stereocenters. The number of nitrogens with zero attached hydrogens (tertiary/aromatic N) is 2. The largest absolute Gasteiger partial charge is 0.316 e. The number of thiazole rings is 1. The molecular weight excluding hydrogens is 293 g/mol. The zero-order valence-corrected chi connectivity index (χ0v) is 11.8. The molecule has 0 aliphatic heterocycles. The van der Waals surface area contributed by atoms with Crippen molar-refractivity contribution in [3.63, 3.8) is 0 Å². The van der Waals surface area contributed by atoms with Gasteiger partial charge in [0.25, 0.3) is 11.5 Å². The second kappa shape index (κ2) is 5.10. The van der Waals surface area contributed by atoms with Gasteiger partial charge in [0, 0.05) is 17.1 Å². The molecule has 2 aromatic heterocycles. The molecule has 3 rings (SSSR count). The highest BCUT2D eigenvalue weighted by atomic mass is 32.1. The van der Waals surface area contributed by atoms with Crippen LogP contribution in [0.4, 0.5) is 10.1 Å². The van der Waals surface area contributed by atoms with Gasteiger partial charge in [-0.25, -0.2) is 9.37 Å². The van der Waals surface area contributed by atoms with Crippen molar-refractivity contribution >= 4 is 27.9 Å². The van der Waals surface area contributed by atoms with Gasteiger partial charge < -0.3 is 5.32 Å². The van der Waals surface area contributed by atoms with Gasteiger partial charge in [0.2, 0.25) is 0 Å². The predicted octanol–water partition coefficient (Wildman–Crippen LogP) is 2.46. The summed E-state index contributed by atoms with van der Waals surface area (Å²) in [5.41, 5.74) is 0.306. The lowest BCUT2D eigenvalue weighted by molar-refractivity contribution is 0.102. The van der Waals surface area contributed by atoms with Crippen LogP contribution in [0.2, 0.25) is 0 Å². The highest BCUT2D eigenvalue weighted by molar-refractivity contribution is 7.15. The minimum Gasteiger partial charge on any atom is -0.316 e. The molecule has 1 aromatic carbocycles. The highest BCUT2D eigenvalue weighted by Crippen LogP contribution is 2.14. The first kappa shape index (κ1) is 13.4. The Morgan fingerprint density at radius 3 is 3.00 bits per heavy atom. The van der Waals surface area contributed by atoms with Crippen molar-refractivity contribution in [2.45, 2.75) is 6.92 Å². The Morgan fingerprint density at radius 2 is 2.24 bits per heavy atom. The number of carbonyl (C=O) groups excluding carboxylic acids is 1. The molecule has 7 heteroatoms. The van der Waals surface area contributed by atoms with Gasteiger partial charge in [-0.1, -0.05) is 6.07 Å².